The first kappa shape index (κ1) is 23.1. The molecule has 0 aromatic heterocycles. The van der Waals surface area contributed by atoms with E-state index < -0.39 is 16.1 Å². The minimum atomic E-state index is -3.61. The summed E-state index contributed by atoms with van der Waals surface area (Å²) in [5.41, 5.74) is 5.29. The summed E-state index contributed by atoms with van der Waals surface area (Å²) in [4.78, 5) is 17.5. The lowest BCUT2D eigenvalue weighted by molar-refractivity contribution is -0.132. The van der Waals surface area contributed by atoms with E-state index in [1.165, 1.54) is 27.4 Å². The SMILES string of the molecule is CCC(C(=O)N1CCN(c2cccc(C)c2C)CC1)N(c1ccc(C)cc1)S(C)(=O)=O. The van der Waals surface area contributed by atoms with E-state index in [1.54, 1.807) is 12.1 Å². The topological polar surface area (TPSA) is 60.9 Å². The molecular formula is C24H33N3O3S. The van der Waals surface area contributed by atoms with Gasteiger partial charge in [0.25, 0.3) is 0 Å². The Hall–Kier alpha value is -2.54. The lowest BCUT2D eigenvalue weighted by atomic mass is 10.1. The molecule has 1 aliphatic rings. The third-order valence-electron chi connectivity index (χ3n) is 6.11. The van der Waals surface area contributed by atoms with Gasteiger partial charge in [-0.2, -0.15) is 0 Å². The minimum absolute atomic E-state index is 0.130. The normalized spacial score (nSPS) is 15.6. The van der Waals surface area contributed by atoms with Gasteiger partial charge in [0.05, 0.1) is 11.9 Å². The van der Waals surface area contributed by atoms with Crippen molar-refractivity contribution < 1.29 is 13.2 Å². The number of amides is 1. The van der Waals surface area contributed by atoms with E-state index in [9.17, 15) is 13.2 Å². The molecule has 0 N–H and O–H groups in total. The number of rotatable bonds is 6. The van der Waals surface area contributed by atoms with Gasteiger partial charge in [0.15, 0.2) is 0 Å². The molecule has 0 spiro atoms. The van der Waals surface area contributed by atoms with Crippen molar-refractivity contribution in [1.82, 2.24) is 4.90 Å². The van der Waals surface area contributed by atoms with Crippen LogP contribution in [0.2, 0.25) is 0 Å². The van der Waals surface area contributed by atoms with Crippen LogP contribution in [0.1, 0.15) is 30.0 Å². The van der Waals surface area contributed by atoms with E-state index in [0.717, 1.165) is 18.7 Å². The fourth-order valence-electron chi connectivity index (χ4n) is 4.19. The smallest absolute Gasteiger partial charge is 0.246 e. The Morgan fingerprint density at radius 3 is 2.16 bits per heavy atom. The van der Waals surface area contributed by atoms with Gasteiger partial charge < -0.3 is 9.80 Å². The van der Waals surface area contributed by atoms with Gasteiger partial charge in [-0.05, 0) is 56.5 Å². The summed E-state index contributed by atoms with van der Waals surface area (Å²) in [5, 5.41) is 0. The van der Waals surface area contributed by atoms with Crippen LogP contribution in [-0.4, -0.2) is 57.7 Å². The molecule has 1 aliphatic heterocycles. The van der Waals surface area contributed by atoms with Crippen molar-refractivity contribution in [1.29, 1.82) is 0 Å². The molecule has 1 atom stereocenters. The predicted octanol–water partition coefficient (Wildman–Crippen LogP) is 3.51. The molecule has 168 valence electrons. The van der Waals surface area contributed by atoms with E-state index >= 15 is 0 Å². The molecule has 1 fully saturated rings. The highest BCUT2D eigenvalue weighted by atomic mass is 32.2. The third-order valence-corrected chi connectivity index (χ3v) is 7.29. The predicted molar refractivity (Wildman–Crippen MR) is 127 cm³/mol. The van der Waals surface area contributed by atoms with Gasteiger partial charge in [0.1, 0.15) is 6.04 Å². The monoisotopic (exact) mass is 443 g/mol. The lowest BCUT2D eigenvalue weighted by Gasteiger charge is -2.40. The zero-order valence-electron chi connectivity index (χ0n) is 19.1. The summed E-state index contributed by atoms with van der Waals surface area (Å²) in [5.74, 6) is -0.130. The fraction of sp³-hybridized carbons (Fsp3) is 0.458. The van der Waals surface area contributed by atoms with E-state index in [1.807, 2.05) is 30.9 Å². The number of nitrogens with zero attached hydrogens (tertiary/aromatic N) is 3. The van der Waals surface area contributed by atoms with Gasteiger partial charge in [-0.15, -0.1) is 0 Å². The number of sulfonamides is 1. The molecular weight excluding hydrogens is 410 g/mol. The number of aryl methyl sites for hydroxylation is 2. The van der Waals surface area contributed by atoms with Crippen LogP contribution in [-0.2, 0) is 14.8 Å². The second kappa shape index (κ2) is 9.30. The number of hydrogen-bond donors (Lipinski definition) is 0. The van der Waals surface area contributed by atoms with E-state index in [-0.39, 0.29) is 5.91 Å². The molecule has 1 amide bonds. The zero-order chi connectivity index (χ0) is 22.8. The quantitative estimate of drug-likeness (QED) is 0.686. The van der Waals surface area contributed by atoms with Crippen LogP contribution in [0.5, 0.6) is 0 Å². The standard InChI is InChI=1S/C24H33N3O3S/c1-6-22(27(31(5,29)30)21-12-10-18(2)11-13-21)24(28)26-16-14-25(15-17-26)23-9-7-8-19(3)20(23)4/h7-13,22H,6,14-17H2,1-5H3. The van der Waals surface area contributed by atoms with Crippen LogP contribution in [0.3, 0.4) is 0 Å². The van der Waals surface area contributed by atoms with Crippen molar-refractivity contribution in [3.63, 3.8) is 0 Å². The van der Waals surface area contributed by atoms with Crippen molar-refractivity contribution in [3.8, 4) is 0 Å². The van der Waals surface area contributed by atoms with Gasteiger partial charge in [-0.3, -0.25) is 9.10 Å². The van der Waals surface area contributed by atoms with Crippen LogP contribution < -0.4 is 9.21 Å². The minimum Gasteiger partial charge on any atom is -0.368 e. The molecule has 0 saturated carbocycles. The zero-order valence-corrected chi connectivity index (χ0v) is 19.9. The van der Waals surface area contributed by atoms with Crippen molar-refractivity contribution >= 4 is 27.3 Å². The summed E-state index contributed by atoms with van der Waals surface area (Å²) in [6, 6.07) is 12.8. The highest BCUT2D eigenvalue weighted by molar-refractivity contribution is 7.92. The Balaban J connectivity index is 1.78. The number of hydrogen-bond acceptors (Lipinski definition) is 4. The molecule has 2 aromatic carbocycles. The average Bonchev–Trinajstić information content (AvgIpc) is 2.74. The summed E-state index contributed by atoms with van der Waals surface area (Å²) < 4.78 is 26.6. The largest absolute Gasteiger partial charge is 0.368 e. The molecule has 1 unspecified atom stereocenters. The Bertz CT molecular complexity index is 1030. The highest BCUT2D eigenvalue weighted by Gasteiger charge is 2.35. The van der Waals surface area contributed by atoms with E-state index in [4.69, 9.17) is 0 Å². The molecule has 0 radical (unpaired) electrons. The molecule has 2 aromatic rings. The number of carbonyl (C=O) groups excluding carboxylic acids is 1. The summed E-state index contributed by atoms with van der Waals surface area (Å²) in [6.45, 7) is 10.7. The Labute approximate surface area is 186 Å². The summed E-state index contributed by atoms with van der Waals surface area (Å²) >= 11 is 0. The molecule has 6 nitrogen and oxygen atoms in total. The Morgan fingerprint density at radius 1 is 1.00 bits per heavy atom. The van der Waals surface area contributed by atoms with Gasteiger partial charge >= 0.3 is 0 Å². The van der Waals surface area contributed by atoms with Crippen molar-refractivity contribution in [3.05, 3.63) is 59.2 Å². The molecule has 3 rings (SSSR count). The fourth-order valence-corrected chi connectivity index (χ4v) is 5.40. The number of piperazine rings is 1. The van der Waals surface area contributed by atoms with Gasteiger partial charge in [0.2, 0.25) is 15.9 Å². The molecule has 0 bridgehead atoms. The molecule has 31 heavy (non-hydrogen) atoms. The first-order valence-corrected chi connectivity index (χ1v) is 12.6. The Morgan fingerprint density at radius 2 is 1.61 bits per heavy atom. The maximum atomic E-state index is 13.4. The first-order valence-electron chi connectivity index (χ1n) is 10.8. The second-order valence-electron chi connectivity index (χ2n) is 8.35. The van der Waals surface area contributed by atoms with Gasteiger partial charge in [-0.1, -0.05) is 36.8 Å². The van der Waals surface area contributed by atoms with Crippen LogP contribution in [0.25, 0.3) is 0 Å². The van der Waals surface area contributed by atoms with Crippen LogP contribution in [0.15, 0.2) is 42.5 Å². The summed E-state index contributed by atoms with van der Waals surface area (Å²) in [7, 11) is -3.61. The Kier molecular flexibility index (Phi) is 6.94. The molecule has 1 saturated heterocycles. The lowest BCUT2D eigenvalue weighted by Crippen LogP contribution is -2.56. The first-order chi connectivity index (χ1) is 14.6. The van der Waals surface area contributed by atoms with Crippen molar-refractivity contribution in [2.24, 2.45) is 0 Å². The molecule has 7 heteroatoms. The van der Waals surface area contributed by atoms with Crippen LogP contribution in [0.4, 0.5) is 11.4 Å². The van der Waals surface area contributed by atoms with Gasteiger partial charge in [0, 0.05) is 31.9 Å². The molecule has 1 heterocycles. The van der Waals surface area contributed by atoms with Crippen molar-refractivity contribution in [2.75, 3.05) is 41.6 Å². The number of carbonyl (C=O) groups is 1. The number of anilines is 2. The van der Waals surface area contributed by atoms with Gasteiger partial charge in [-0.25, -0.2) is 8.42 Å². The third kappa shape index (κ3) is 5.03. The average molecular weight is 444 g/mol. The number of benzene rings is 2. The van der Waals surface area contributed by atoms with E-state index in [2.05, 4.69) is 36.9 Å². The van der Waals surface area contributed by atoms with Crippen LogP contribution in [0, 0.1) is 20.8 Å². The van der Waals surface area contributed by atoms with Crippen molar-refractivity contribution in [2.45, 2.75) is 40.2 Å². The molecule has 0 aliphatic carbocycles. The second-order valence-corrected chi connectivity index (χ2v) is 10.2. The highest BCUT2D eigenvalue weighted by Crippen LogP contribution is 2.26. The maximum Gasteiger partial charge on any atom is 0.246 e. The van der Waals surface area contributed by atoms with E-state index in [0.29, 0.717) is 25.2 Å². The van der Waals surface area contributed by atoms with Crippen LogP contribution >= 0.6 is 0 Å². The summed E-state index contributed by atoms with van der Waals surface area (Å²) in [6.07, 6.45) is 1.58. The maximum absolute atomic E-state index is 13.4.